The van der Waals surface area contributed by atoms with Gasteiger partial charge in [0.15, 0.2) is 0 Å². The minimum absolute atomic E-state index is 0.193. The topological polar surface area (TPSA) is 41.3 Å². The zero-order chi connectivity index (χ0) is 11.4. The van der Waals surface area contributed by atoms with Crippen LogP contribution in [0.4, 0.5) is 8.78 Å². The quantitative estimate of drug-likeness (QED) is 0.737. The summed E-state index contributed by atoms with van der Waals surface area (Å²) in [6.45, 7) is 0.193. The van der Waals surface area contributed by atoms with Crippen LogP contribution < -0.4 is 11.2 Å². The van der Waals surface area contributed by atoms with Crippen LogP contribution in [0.15, 0.2) is 18.2 Å². The van der Waals surface area contributed by atoms with Gasteiger partial charge in [0.2, 0.25) is 0 Å². The maximum Gasteiger partial charge on any atom is 0.128 e. The van der Waals surface area contributed by atoms with Gasteiger partial charge in [0.1, 0.15) is 11.6 Å². The van der Waals surface area contributed by atoms with Gasteiger partial charge in [0.25, 0.3) is 0 Å². The van der Waals surface area contributed by atoms with Crippen LogP contribution in [0.1, 0.15) is 11.6 Å². The molecule has 0 aliphatic carbocycles. The number of rotatable bonds is 4. The van der Waals surface area contributed by atoms with Crippen molar-refractivity contribution in [3.63, 3.8) is 0 Å². The highest BCUT2D eigenvalue weighted by atomic mass is 19.1. The van der Waals surface area contributed by atoms with Crippen LogP contribution in [-0.2, 0) is 0 Å². The summed E-state index contributed by atoms with van der Waals surface area (Å²) in [5, 5.41) is 1.65. The summed E-state index contributed by atoms with van der Waals surface area (Å²) < 4.78 is 26.3. The second kappa shape index (κ2) is 5.16. The molecule has 3 N–H and O–H groups in total. The Labute approximate surface area is 87.8 Å². The second-order valence-corrected chi connectivity index (χ2v) is 3.48. The van der Waals surface area contributed by atoms with Crippen LogP contribution in [0.5, 0.6) is 0 Å². The van der Waals surface area contributed by atoms with E-state index in [0.717, 1.165) is 18.2 Å². The average Bonchev–Trinajstić information content (AvgIpc) is 2.18. The molecule has 0 aliphatic rings. The van der Waals surface area contributed by atoms with Gasteiger partial charge in [-0.15, -0.1) is 0 Å². The molecule has 5 heteroatoms. The lowest BCUT2D eigenvalue weighted by atomic mass is 10.1. The molecule has 1 rings (SSSR count). The highest BCUT2D eigenvalue weighted by Crippen LogP contribution is 2.17. The van der Waals surface area contributed by atoms with E-state index in [0.29, 0.717) is 0 Å². The first-order valence-electron chi connectivity index (χ1n) is 4.63. The molecule has 1 unspecified atom stereocenters. The molecule has 3 nitrogen and oxygen atoms in total. The van der Waals surface area contributed by atoms with Gasteiger partial charge in [0, 0.05) is 26.2 Å². The first kappa shape index (κ1) is 12.0. The maximum atomic E-state index is 13.4. The molecule has 0 aliphatic heterocycles. The van der Waals surface area contributed by atoms with Crippen LogP contribution in [0, 0.1) is 11.6 Å². The molecule has 1 aromatic rings. The normalized spacial score (nSPS) is 13.2. The van der Waals surface area contributed by atoms with Crippen molar-refractivity contribution in [3.05, 3.63) is 35.4 Å². The van der Waals surface area contributed by atoms with Crippen LogP contribution in [0.25, 0.3) is 0 Å². The molecule has 1 atom stereocenters. The number of hydrogen-bond acceptors (Lipinski definition) is 3. The Kier molecular flexibility index (Phi) is 4.14. The lowest BCUT2D eigenvalue weighted by molar-refractivity contribution is 0.242. The lowest BCUT2D eigenvalue weighted by Gasteiger charge is -2.22. The number of nitrogens with zero attached hydrogens (tertiary/aromatic N) is 1. The lowest BCUT2D eigenvalue weighted by Crippen LogP contribution is -2.38. The minimum atomic E-state index is -0.467. The van der Waals surface area contributed by atoms with Gasteiger partial charge in [-0.2, -0.15) is 0 Å². The first-order valence-corrected chi connectivity index (χ1v) is 4.63. The summed E-state index contributed by atoms with van der Waals surface area (Å²) in [7, 11) is 3.53. The van der Waals surface area contributed by atoms with Crippen LogP contribution in [0.3, 0.4) is 0 Å². The van der Waals surface area contributed by atoms with Crippen molar-refractivity contribution in [3.8, 4) is 0 Å². The molecule has 0 radical (unpaired) electrons. The number of nitrogens with two attached hydrogens (primary N) is 1. The van der Waals surface area contributed by atoms with Crippen molar-refractivity contribution in [2.75, 3.05) is 20.6 Å². The van der Waals surface area contributed by atoms with Crippen molar-refractivity contribution >= 4 is 0 Å². The van der Waals surface area contributed by atoms with Crippen LogP contribution in [0.2, 0.25) is 0 Å². The predicted molar refractivity (Wildman–Crippen MR) is 55.0 cm³/mol. The SMILES string of the molecule is CN(C)NC(CN)c1cc(F)ccc1F. The Balaban J connectivity index is 2.95. The summed E-state index contributed by atoms with van der Waals surface area (Å²) in [6, 6.07) is 2.92. The molecule has 0 amide bonds. The van der Waals surface area contributed by atoms with E-state index >= 15 is 0 Å². The van der Waals surface area contributed by atoms with Gasteiger partial charge in [-0.3, -0.25) is 0 Å². The Hall–Kier alpha value is -1.04. The van der Waals surface area contributed by atoms with Crippen molar-refractivity contribution < 1.29 is 8.78 Å². The number of nitrogens with one attached hydrogen (secondary N) is 1. The van der Waals surface area contributed by atoms with Gasteiger partial charge < -0.3 is 5.73 Å². The van der Waals surface area contributed by atoms with E-state index in [9.17, 15) is 8.78 Å². The zero-order valence-corrected chi connectivity index (χ0v) is 8.80. The highest BCUT2D eigenvalue weighted by molar-refractivity contribution is 5.22. The van der Waals surface area contributed by atoms with Crippen LogP contribution in [-0.4, -0.2) is 25.6 Å². The molecule has 84 valence electrons. The number of halogens is 2. The summed E-state index contributed by atoms with van der Waals surface area (Å²) in [5.74, 6) is -0.924. The van der Waals surface area contributed by atoms with Crippen molar-refractivity contribution in [1.82, 2.24) is 10.4 Å². The van der Waals surface area contributed by atoms with E-state index in [4.69, 9.17) is 5.73 Å². The summed E-state index contributed by atoms with van der Waals surface area (Å²) in [4.78, 5) is 0. The molecule has 0 spiro atoms. The molecular weight excluding hydrogens is 200 g/mol. The molecule has 15 heavy (non-hydrogen) atoms. The summed E-state index contributed by atoms with van der Waals surface area (Å²) in [6.07, 6.45) is 0. The molecule has 0 saturated carbocycles. The fraction of sp³-hybridized carbons (Fsp3) is 0.400. The Morgan fingerprint density at radius 2 is 2.07 bits per heavy atom. The summed E-state index contributed by atoms with van der Waals surface area (Å²) >= 11 is 0. The fourth-order valence-corrected chi connectivity index (χ4v) is 1.34. The molecule has 0 heterocycles. The smallest absolute Gasteiger partial charge is 0.128 e. The van der Waals surface area contributed by atoms with Crippen molar-refractivity contribution in [2.24, 2.45) is 5.73 Å². The van der Waals surface area contributed by atoms with Crippen LogP contribution >= 0.6 is 0 Å². The van der Waals surface area contributed by atoms with Gasteiger partial charge in [-0.25, -0.2) is 19.2 Å². The van der Waals surface area contributed by atoms with E-state index in [1.54, 1.807) is 19.1 Å². The molecular formula is C10H15F2N3. The third kappa shape index (κ3) is 3.23. The van der Waals surface area contributed by atoms with Crippen molar-refractivity contribution in [1.29, 1.82) is 0 Å². The first-order chi connectivity index (χ1) is 7.04. The second-order valence-electron chi connectivity index (χ2n) is 3.48. The fourth-order valence-electron chi connectivity index (χ4n) is 1.34. The van der Waals surface area contributed by atoms with E-state index in [1.807, 2.05) is 0 Å². The van der Waals surface area contributed by atoms with E-state index in [2.05, 4.69) is 5.43 Å². The number of hydrogen-bond donors (Lipinski definition) is 2. The third-order valence-corrected chi connectivity index (χ3v) is 1.98. The Morgan fingerprint density at radius 3 is 2.60 bits per heavy atom. The number of hydrazine groups is 1. The van der Waals surface area contributed by atoms with E-state index in [1.165, 1.54) is 0 Å². The number of benzene rings is 1. The summed E-state index contributed by atoms with van der Waals surface area (Å²) in [5.41, 5.74) is 8.65. The van der Waals surface area contributed by atoms with Gasteiger partial charge >= 0.3 is 0 Å². The average molecular weight is 215 g/mol. The van der Waals surface area contributed by atoms with Gasteiger partial charge in [0.05, 0.1) is 6.04 Å². The zero-order valence-electron chi connectivity index (χ0n) is 8.80. The molecule has 0 saturated heterocycles. The minimum Gasteiger partial charge on any atom is -0.329 e. The predicted octanol–water partition coefficient (Wildman–Crippen LogP) is 1.03. The Bertz CT molecular complexity index is 328. The monoisotopic (exact) mass is 215 g/mol. The van der Waals surface area contributed by atoms with E-state index in [-0.39, 0.29) is 12.1 Å². The molecule has 0 bridgehead atoms. The maximum absolute atomic E-state index is 13.4. The van der Waals surface area contributed by atoms with E-state index < -0.39 is 17.7 Å². The van der Waals surface area contributed by atoms with Gasteiger partial charge in [-0.1, -0.05) is 0 Å². The standard InChI is InChI=1S/C10H15F2N3/c1-15(2)14-10(6-13)8-5-7(11)3-4-9(8)12/h3-5,10,14H,6,13H2,1-2H3. The highest BCUT2D eigenvalue weighted by Gasteiger charge is 2.15. The molecule has 1 aromatic carbocycles. The molecule has 0 fully saturated rings. The van der Waals surface area contributed by atoms with Crippen molar-refractivity contribution in [2.45, 2.75) is 6.04 Å². The third-order valence-electron chi connectivity index (χ3n) is 1.98. The molecule has 0 aromatic heterocycles. The largest absolute Gasteiger partial charge is 0.329 e. The Morgan fingerprint density at radius 1 is 1.40 bits per heavy atom. The van der Waals surface area contributed by atoms with Gasteiger partial charge in [-0.05, 0) is 18.2 Å².